The molecule has 0 spiro atoms. The summed E-state index contributed by atoms with van der Waals surface area (Å²) in [5.41, 5.74) is 4.02. The highest BCUT2D eigenvalue weighted by molar-refractivity contribution is 7.99. The normalized spacial score (nSPS) is 10.9. The van der Waals surface area contributed by atoms with Crippen molar-refractivity contribution in [2.45, 2.75) is 32.5 Å². The lowest BCUT2D eigenvalue weighted by Crippen LogP contribution is -2.09. The minimum absolute atomic E-state index is 0.0935. The molecule has 4 rings (SSSR count). The van der Waals surface area contributed by atoms with Crippen molar-refractivity contribution in [1.29, 1.82) is 0 Å². The first-order valence-electron chi connectivity index (χ1n) is 10.9. The number of aromatic amines is 1. The number of nitrogens with zero attached hydrogens (tertiary/aromatic N) is 4. The standard InChI is InChI=1S/C25H25N5O3S/c1-4-33-24(32)22-16(2)21(17(3)27-22)20(31)15-34-25-29-28-23(19-11-8-12-26-13-19)30(25)14-18-9-6-5-7-10-18/h5-13,27H,4,14-15H2,1-3H3. The summed E-state index contributed by atoms with van der Waals surface area (Å²) >= 11 is 1.32. The Morgan fingerprint density at radius 3 is 2.59 bits per heavy atom. The van der Waals surface area contributed by atoms with Crippen LogP contribution in [0.15, 0.2) is 60.0 Å². The summed E-state index contributed by atoms with van der Waals surface area (Å²) in [6.07, 6.45) is 3.45. The summed E-state index contributed by atoms with van der Waals surface area (Å²) in [7, 11) is 0. The molecule has 174 valence electrons. The Hall–Kier alpha value is -3.72. The average Bonchev–Trinajstić information content (AvgIpc) is 3.38. The Morgan fingerprint density at radius 1 is 1.09 bits per heavy atom. The largest absolute Gasteiger partial charge is 0.461 e. The highest BCUT2D eigenvalue weighted by atomic mass is 32.2. The molecular formula is C25H25N5O3S. The van der Waals surface area contributed by atoms with Crippen molar-refractivity contribution in [3.05, 3.63) is 82.9 Å². The first kappa shape index (κ1) is 23.4. The number of ketones is 1. The summed E-state index contributed by atoms with van der Waals surface area (Å²) in [5.74, 6) is 0.287. The van der Waals surface area contributed by atoms with Crippen molar-refractivity contribution in [3.8, 4) is 11.4 Å². The molecule has 4 aromatic rings. The van der Waals surface area contributed by atoms with Crippen LogP contribution in [0.3, 0.4) is 0 Å². The van der Waals surface area contributed by atoms with Gasteiger partial charge in [-0.25, -0.2) is 4.79 Å². The molecule has 0 aliphatic heterocycles. The summed E-state index contributed by atoms with van der Waals surface area (Å²) in [4.78, 5) is 32.5. The number of thioether (sulfide) groups is 1. The van der Waals surface area contributed by atoms with Gasteiger partial charge < -0.3 is 9.72 Å². The second kappa shape index (κ2) is 10.5. The zero-order valence-corrected chi connectivity index (χ0v) is 20.1. The SMILES string of the molecule is CCOC(=O)c1[nH]c(C)c(C(=O)CSc2nnc(-c3cccnc3)n2Cc2ccccc2)c1C. The number of Topliss-reactive ketones (excluding diaryl/α,β-unsaturated/α-hetero) is 1. The number of nitrogens with one attached hydrogen (secondary N) is 1. The molecule has 0 radical (unpaired) electrons. The molecule has 3 aromatic heterocycles. The van der Waals surface area contributed by atoms with Gasteiger partial charge in [0.15, 0.2) is 16.8 Å². The molecule has 3 heterocycles. The zero-order chi connectivity index (χ0) is 24.1. The van der Waals surface area contributed by atoms with Gasteiger partial charge in [0, 0.05) is 29.2 Å². The quantitative estimate of drug-likeness (QED) is 0.216. The van der Waals surface area contributed by atoms with Crippen LogP contribution in [0.4, 0.5) is 0 Å². The van der Waals surface area contributed by atoms with Gasteiger partial charge in [-0.15, -0.1) is 10.2 Å². The fourth-order valence-corrected chi connectivity index (χ4v) is 4.60. The Kier molecular flexibility index (Phi) is 7.22. The second-order valence-corrected chi connectivity index (χ2v) is 8.62. The van der Waals surface area contributed by atoms with Crippen LogP contribution in [-0.2, 0) is 11.3 Å². The van der Waals surface area contributed by atoms with E-state index in [0.29, 0.717) is 40.0 Å². The first-order chi connectivity index (χ1) is 16.5. The van der Waals surface area contributed by atoms with Gasteiger partial charge >= 0.3 is 5.97 Å². The monoisotopic (exact) mass is 475 g/mol. The van der Waals surface area contributed by atoms with Crippen molar-refractivity contribution < 1.29 is 14.3 Å². The van der Waals surface area contributed by atoms with Gasteiger partial charge in [-0.2, -0.15) is 0 Å². The van der Waals surface area contributed by atoms with Gasteiger partial charge in [-0.3, -0.25) is 14.3 Å². The predicted molar refractivity (Wildman–Crippen MR) is 130 cm³/mol. The molecule has 1 aromatic carbocycles. The summed E-state index contributed by atoms with van der Waals surface area (Å²) in [6, 6.07) is 13.8. The average molecular weight is 476 g/mol. The molecule has 0 aliphatic carbocycles. The minimum Gasteiger partial charge on any atom is -0.461 e. The van der Waals surface area contributed by atoms with E-state index in [1.165, 1.54) is 11.8 Å². The molecular weight excluding hydrogens is 450 g/mol. The highest BCUT2D eigenvalue weighted by Crippen LogP contribution is 2.27. The van der Waals surface area contributed by atoms with Crippen LogP contribution in [0.25, 0.3) is 11.4 Å². The van der Waals surface area contributed by atoms with Crippen LogP contribution < -0.4 is 0 Å². The van der Waals surface area contributed by atoms with Gasteiger partial charge in [0.25, 0.3) is 0 Å². The molecule has 34 heavy (non-hydrogen) atoms. The van der Waals surface area contributed by atoms with E-state index in [4.69, 9.17) is 4.74 Å². The Labute approximate surface area is 201 Å². The lowest BCUT2D eigenvalue weighted by Gasteiger charge is -2.10. The van der Waals surface area contributed by atoms with Crippen LogP contribution in [0.2, 0.25) is 0 Å². The number of carbonyl (C=O) groups is 2. The number of carbonyl (C=O) groups excluding carboxylic acids is 2. The molecule has 9 heteroatoms. The number of hydrogen-bond acceptors (Lipinski definition) is 7. The molecule has 0 aliphatic rings. The first-order valence-corrected chi connectivity index (χ1v) is 11.9. The van der Waals surface area contributed by atoms with Crippen molar-refractivity contribution >= 4 is 23.5 Å². The molecule has 0 bridgehead atoms. The van der Waals surface area contributed by atoms with Crippen molar-refractivity contribution in [2.75, 3.05) is 12.4 Å². The molecule has 0 fully saturated rings. The molecule has 8 nitrogen and oxygen atoms in total. The zero-order valence-electron chi connectivity index (χ0n) is 19.2. The molecule has 0 saturated heterocycles. The van der Waals surface area contributed by atoms with E-state index in [1.807, 2.05) is 47.0 Å². The van der Waals surface area contributed by atoms with Gasteiger partial charge in [0.05, 0.1) is 18.9 Å². The number of aromatic nitrogens is 5. The molecule has 0 atom stereocenters. The maximum Gasteiger partial charge on any atom is 0.355 e. The molecule has 0 unspecified atom stereocenters. The predicted octanol–water partition coefficient (Wildman–Crippen LogP) is 4.49. The number of hydrogen-bond donors (Lipinski definition) is 1. The number of esters is 1. The van der Waals surface area contributed by atoms with Gasteiger partial charge in [-0.05, 0) is 44.0 Å². The van der Waals surface area contributed by atoms with Crippen molar-refractivity contribution in [2.24, 2.45) is 0 Å². The third-order valence-electron chi connectivity index (χ3n) is 5.35. The topological polar surface area (TPSA) is 103 Å². The smallest absolute Gasteiger partial charge is 0.355 e. The second-order valence-electron chi connectivity index (χ2n) is 7.68. The van der Waals surface area contributed by atoms with Gasteiger partial charge in [-0.1, -0.05) is 42.1 Å². The summed E-state index contributed by atoms with van der Waals surface area (Å²) < 4.78 is 7.08. The number of H-pyrrole nitrogens is 1. The number of aryl methyl sites for hydroxylation is 1. The third-order valence-corrected chi connectivity index (χ3v) is 6.32. The highest BCUT2D eigenvalue weighted by Gasteiger charge is 2.24. The van der Waals surface area contributed by atoms with Crippen LogP contribution in [0.5, 0.6) is 0 Å². The molecule has 1 N–H and O–H groups in total. The van der Waals surface area contributed by atoms with E-state index >= 15 is 0 Å². The minimum atomic E-state index is -0.460. The van der Waals surface area contributed by atoms with E-state index in [-0.39, 0.29) is 18.1 Å². The van der Waals surface area contributed by atoms with Crippen molar-refractivity contribution in [3.63, 3.8) is 0 Å². The maximum absolute atomic E-state index is 13.1. The van der Waals surface area contributed by atoms with E-state index in [9.17, 15) is 9.59 Å². The Morgan fingerprint density at radius 2 is 1.88 bits per heavy atom. The van der Waals surface area contributed by atoms with E-state index < -0.39 is 5.97 Å². The number of benzene rings is 1. The molecule has 0 saturated carbocycles. The van der Waals surface area contributed by atoms with Gasteiger partial charge in [0.1, 0.15) is 5.69 Å². The number of rotatable bonds is 9. The fourth-order valence-electron chi connectivity index (χ4n) is 3.79. The van der Waals surface area contributed by atoms with Crippen LogP contribution in [-0.4, -0.2) is 48.8 Å². The number of pyridine rings is 1. The summed E-state index contributed by atoms with van der Waals surface area (Å²) in [6.45, 7) is 6.12. The fraction of sp³-hybridized carbons (Fsp3) is 0.240. The van der Waals surface area contributed by atoms with Gasteiger partial charge in [0.2, 0.25) is 0 Å². The van der Waals surface area contributed by atoms with Crippen LogP contribution in [0.1, 0.15) is 44.6 Å². The molecule has 0 amide bonds. The van der Waals surface area contributed by atoms with Crippen LogP contribution >= 0.6 is 11.8 Å². The maximum atomic E-state index is 13.1. The Bertz CT molecular complexity index is 1300. The van der Waals surface area contributed by atoms with Crippen LogP contribution in [0, 0.1) is 13.8 Å². The summed E-state index contributed by atoms with van der Waals surface area (Å²) in [5, 5.41) is 9.39. The lowest BCUT2D eigenvalue weighted by molar-refractivity contribution is 0.0519. The van der Waals surface area contributed by atoms with Crippen molar-refractivity contribution in [1.82, 2.24) is 24.7 Å². The Balaban J connectivity index is 1.59. The lowest BCUT2D eigenvalue weighted by atomic mass is 10.1. The third kappa shape index (κ3) is 4.94. The van der Waals surface area contributed by atoms with E-state index in [2.05, 4.69) is 20.2 Å². The number of ether oxygens (including phenoxy) is 1. The van der Waals surface area contributed by atoms with E-state index in [1.54, 1.807) is 33.2 Å². The van der Waals surface area contributed by atoms with E-state index in [0.717, 1.165) is 11.1 Å².